The largest absolute Gasteiger partial charge is 3.00 e. The molecule has 0 fully saturated rings. The zero-order valence-electron chi connectivity index (χ0n) is 29.0. The summed E-state index contributed by atoms with van der Waals surface area (Å²) in [4.78, 5) is 43.1. The third-order valence-electron chi connectivity index (χ3n) is 7.68. The van der Waals surface area contributed by atoms with E-state index in [9.17, 15) is 29.7 Å². The van der Waals surface area contributed by atoms with Gasteiger partial charge in [0.15, 0.2) is 0 Å². The number of carboxylic acids is 3. The van der Waals surface area contributed by atoms with Crippen molar-refractivity contribution in [2.45, 2.75) is 0 Å². The average molecular weight is 762 g/mol. The van der Waals surface area contributed by atoms with Gasteiger partial charge in [0, 0.05) is 0 Å². The maximum absolute atomic E-state index is 11.3. The van der Waals surface area contributed by atoms with Gasteiger partial charge in [-0.25, -0.2) is 29.3 Å². The van der Waals surface area contributed by atoms with Gasteiger partial charge >= 0.3 is 35.3 Å². The number of para-hydroxylation sites is 3. The molecule has 8 rings (SSSR count). The molecule has 5 aromatic carbocycles. The van der Waals surface area contributed by atoms with Gasteiger partial charge in [0.1, 0.15) is 22.8 Å². The van der Waals surface area contributed by atoms with Crippen LogP contribution in [-0.4, -0.2) is 70.6 Å². The number of aromatic nitrogens is 3. The summed E-state index contributed by atoms with van der Waals surface area (Å²) in [6, 6.07) is 40.3. The summed E-state index contributed by atoms with van der Waals surface area (Å²) < 4.78 is 0. The van der Waals surface area contributed by atoms with Crippen LogP contribution in [0.2, 0.25) is 0 Å². The van der Waals surface area contributed by atoms with Crippen molar-refractivity contribution in [2.75, 3.05) is 0 Å². The third kappa shape index (κ3) is 10.5. The minimum absolute atomic E-state index is 0. The van der Waals surface area contributed by atoms with Gasteiger partial charge in [-0.1, -0.05) is 133 Å². The molecule has 0 radical (unpaired) electrons. The normalized spacial score (nSPS) is 10.0. The standard InChI is InChI=1S/C12H10O.3C10H7NO3.Al/c13-12-8-6-11(7-9-12)10-4-2-1-3-5-10;3*12-8-3-1-2-6-4-5-7(10(13)14)11-9(6)8;/h1-9,13H;3*1-5,12H,(H,13,14);/q;;;;+3/p-3. The molecule has 3 heterocycles. The van der Waals surface area contributed by atoms with Crippen LogP contribution < -0.4 is 15.3 Å². The van der Waals surface area contributed by atoms with Gasteiger partial charge in [0.25, 0.3) is 0 Å². The van der Waals surface area contributed by atoms with Crippen LogP contribution in [0.4, 0.5) is 0 Å². The number of fused-ring (bicyclic) bond motifs is 3. The molecule has 0 saturated carbocycles. The van der Waals surface area contributed by atoms with Crippen molar-refractivity contribution in [3.63, 3.8) is 0 Å². The molecule has 56 heavy (non-hydrogen) atoms. The summed E-state index contributed by atoms with van der Waals surface area (Å²) in [6.45, 7) is 0. The predicted molar refractivity (Wildman–Crippen MR) is 204 cm³/mol. The van der Waals surface area contributed by atoms with Crippen molar-refractivity contribution >= 4 is 68.0 Å². The number of pyridine rings is 3. The number of aromatic hydroxyl groups is 1. The second kappa shape index (κ2) is 19.0. The molecule has 0 aliphatic carbocycles. The van der Waals surface area contributed by atoms with Crippen molar-refractivity contribution in [1.82, 2.24) is 15.0 Å². The quantitative estimate of drug-likeness (QED) is 0.158. The van der Waals surface area contributed by atoms with E-state index in [1.54, 1.807) is 66.7 Å². The number of hydrogen-bond donors (Lipinski definition) is 4. The molecule has 8 aromatic rings. The topological polar surface area (TPSA) is 240 Å². The Bertz CT molecular complexity index is 2410. The van der Waals surface area contributed by atoms with E-state index in [1.165, 1.54) is 42.0 Å². The van der Waals surface area contributed by atoms with Crippen molar-refractivity contribution in [3.8, 4) is 34.1 Å². The molecule has 0 atom stereocenters. The molecule has 14 heteroatoms. The maximum atomic E-state index is 11.3. The maximum Gasteiger partial charge on any atom is 3.00 e. The van der Waals surface area contributed by atoms with Gasteiger partial charge in [-0.2, -0.15) is 0 Å². The van der Waals surface area contributed by atoms with Gasteiger partial charge < -0.3 is 35.7 Å². The van der Waals surface area contributed by atoms with Gasteiger partial charge in [-0.3, -0.25) is 0 Å². The minimum Gasteiger partial charge on any atom is -0.871 e. The Kier molecular flexibility index (Phi) is 14.0. The van der Waals surface area contributed by atoms with Crippen LogP contribution in [0.3, 0.4) is 0 Å². The van der Waals surface area contributed by atoms with Crippen LogP contribution in [0.1, 0.15) is 31.5 Å². The van der Waals surface area contributed by atoms with Crippen LogP contribution in [0.15, 0.2) is 146 Å². The van der Waals surface area contributed by atoms with Crippen LogP contribution in [-0.2, 0) is 0 Å². The SMILES string of the molecule is O=C(O)c1ccc2cccc([O-])c2n1.O=C(O)c1ccc2cccc([O-])c2n1.O=C(O)c1ccc2cccc([O-])c2n1.Oc1ccc(-c2ccccc2)cc1.[Al+3]. The Hall–Kier alpha value is -7.53. The monoisotopic (exact) mass is 761 g/mol. The molecule has 0 bridgehead atoms. The second-order valence-corrected chi connectivity index (χ2v) is 11.4. The number of aromatic carboxylic acids is 3. The zero-order chi connectivity index (χ0) is 39.5. The molecule has 0 unspecified atom stereocenters. The van der Waals surface area contributed by atoms with Crippen LogP contribution in [0.25, 0.3) is 43.8 Å². The first kappa shape index (κ1) is 41.2. The Morgan fingerprint density at radius 2 is 0.714 bits per heavy atom. The number of phenolic OH excluding ortho intramolecular Hbond substituents is 1. The van der Waals surface area contributed by atoms with E-state index in [4.69, 9.17) is 20.4 Å². The Morgan fingerprint density at radius 3 is 1.04 bits per heavy atom. The number of carbonyl (C=O) groups is 3. The summed E-state index contributed by atoms with van der Waals surface area (Å²) in [5.74, 6) is -3.86. The van der Waals surface area contributed by atoms with Crippen molar-refractivity contribution in [2.24, 2.45) is 0 Å². The van der Waals surface area contributed by atoms with E-state index in [1.807, 2.05) is 42.5 Å². The zero-order valence-corrected chi connectivity index (χ0v) is 30.2. The number of hydrogen-bond acceptors (Lipinski definition) is 10. The fourth-order valence-electron chi connectivity index (χ4n) is 5.00. The second-order valence-electron chi connectivity index (χ2n) is 11.4. The molecule has 0 aliphatic heterocycles. The summed E-state index contributed by atoms with van der Waals surface area (Å²) in [5, 5.41) is 71.0. The van der Waals surface area contributed by atoms with E-state index in [0.29, 0.717) is 21.9 Å². The van der Waals surface area contributed by atoms with Crippen molar-refractivity contribution in [1.29, 1.82) is 0 Å². The predicted octanol–water partition coefficient (Wildman–Crippen LogP) is 5.70. The first-order valence-corrected chi connectivity index (χ1v) is 16.2. The first-order chi connectivity index (χ1) is 26.4. The minimum atomic E-state index is -1.13. The van der Waals surface area contributed by atoms with Crippen LogP contribution >= 0.6 is 0 Å². The molecule has 0 amide bonds. The smallest absolute Gasteiger partial charge is 0.871 e. The average Bonchev–Trinajstić information content (AvgIpc) is 3.19. The Morgan fingerprint density at radius 1 is 0.393 bits per heavy atom. The van der Waals surface area contributed by atoms with Gasteiger partial charge in [0.05, 0.1) is 16.6 Å². The molecular formula is C42H28AlN3O10. The molecule has 13 nitrogen and oxygen atoms in total. The number of rotatable bonds is 4. The molecule has 274 valence electrons. The van der Waals surface area contributed by atoms with Gasteiger partial charge in [-0.15, -0.1) is 0 Å². The van der Waals surface area contributed by atoms with E-state index < -0.39 is 17.9 Å². The summed E-state index contributed by atoms with van der Waals surface area (Å²) >= 11 is 0. The summed E-state index contributed by atoms with van der Waals surface area (Å²) in [6.07, 6.45) is 0. The van der Waals surface area contributed by atoms with Gasteiger partial charge in [0.2, 0.25) is 0 Å². The Balaban J connectivity index is 0.000000165. The van der Waals surface area contributed by atoms with Crippen LogP contribution in [0.5, 0.6) is 23.0 Å². The van der Waals surface area contributed by atoms with Gasteiger partial charge in [-0.05, 0) is 57.6 Å². The van der Waals surface area contributed by atoms with Crippen LogP contribution in [0, 0.1) is 0 Å². The number of nitrogens with zero attached hydrogens (tertiary/aromatic N) is 3. The van der Waals surface area contributed by atoms with Crippen molar-refractivity contribution in [3.05, 3.63) is 163 Å². The first-order valence-electron chi connectivity index (χ1n) is 16.2. The number of phenols is 1. The van der Waals surface area contributed by atoms with E-state index in [-0.39, 0.29) is 68.2 Å². The molecule has 4 N–H and O–H groups in total. The number of carboxylic acid groups (broad SMARTS) is 3. The number of benzene rings is 5. The third-order valence-corrected chi connectivity index (χ3v) is 7.68. The summed E-state index contributed by atoms with van der Waals surface area (Å²) in [7, 11) is 0. The fraction of sp³-hybridized carbons (Fsp3) is 0. The van der Waals surface area contributed by atoms with E-state index >= 15 is 0 Å². The molecule has 0 saturated heterocycles. The molecule has 0 spiro atoms. The molecule has 0 aliphatic rings. The summed E-state index contributed by atoms with van der Waals surface area (Å²) in [5.41, 5.74) is 2.57. The van der Waals surface area contributed by atoms with E-state index in [2.05, 4.69) is 15.0 Å². The Labute approximate surface area is 328 Å². The fourth-order valence-corrected chi connectivity index (χ4v) is 5.00. The van der Waals surface area contributed by atoms with Crippen molar-refractivity contribution < 1.29 is 50.1 Å². The molecular weight excluding hydrogens is 733 g/mol. The molecule has 3 aromatic heterocycles. The van der Waals surface area contributed by atoms with E-state index in [0.717, 1.165) is 5.56 Å².